The van der Waals surface area contributed by atoms with E-state index in [9.17, 15) is 9.59 Å². The average molecular weight is 663 g/mol. The van der Waals surface area contributed by atoms with Gasteiger partial charge in [-0.3, -0.25) is 9.59 Å². The van der Waals surface area contributed by atoms with E-state index in [0.29, 0.717) is 25.7 Å². The molecule has 0 aromatic rings. The molecule has 0 aliphatic carbocycles. The predicted molar refractivity (Wildman–Crippen MR) is 201 cm³/mol. The highest BCUT2D eigenvalue weighted by atomic mass is 16.6. The van der Waals surface area contributed by atoms with Crippen molar-refractivity contribution in [3.8, 4) is 0 Å². The molecule has 0 aromatic carbocycles. The molecule has 0 radical (unpaired) electrons. The zero-order valence-electron chi connectivity index (χ0n) is 31.3. The lowest BCUT2D eigenvalue weighted by molar-refractivity contribution is -0.159. The minimum absolute atomic E-state index is 0.116. The Morgan fingerprint density at radius 1 is 0.489 bits per heavy atom. The lowest BCUT2D eigenvalue weighted by Crippen LogP contribution is -2.25. The first kappa shape index (κ1) is 45.4. The van der Waals surface area contributed by atoms with Crippen LogP contribution in [-0.4, -0.2) is 36.4 Å². The van der Waals surface area contributed by atoms with Gasteiger partial charge in [0.25, 0.3) is 0 Å². The molecule has 276 valence electrons. The van der Waals surface area contributed by atoms with Crippen molar-refractivity contribution in [1.29, 1.82) is 0 Å². The molecular formula is C42H78O5. The maximum Gasteiger partial charge on any atom is 0.306 e. The highest BCUT2D eigenvalue weighted by molar-refractivity contribution is 5.70. The van der Waals surface area contributed by atoms with Gasteiger partial charge in [-0.15, -0.1) is 0 Å². The van der Waals surface area contributed by atoms with E-state index in [0.717, 1.165) is 57.8 Å². The van der Waals surface area contributed by atoms with E-state index in [-0.39, 0.29) is 25.2 Å². The van der Waals surface area contributed by atoms with Crippen molar-refractivity contribution in [3.05, 3.63) is 24.3 Å². The van der Waals surface area contributed by atoms with Crippen molar-refractivity contribution in [2.75, 3.05) is 13.2 Å². The molecular weight excluding hydrogens is 584 g/mol. The van der Waals surface area contributed by atoms with Crippen LogP contribution in [0.2, 0.25) is 0 Å². The zero-order chi connectivity index (χ0) is 34.3. The summed E-state index contributed by atoms with van der Waals surface area (Å²) in [7, 11) is 0. The third kappa shape index (κ3) is 37.1. The average Bonchev–Trinajstić information content (AvgIpc) is 3.07. The Labute approximate surface area is 292 Å². The quantitative estimate of drug-likeness (QED) is 0.0407. The number of carbonyl (C=O) groups excluding carboxylic acids is 2. The smallest absolute Gasteiger partial charge is 0.306 e. The third-order valence-corrected chi connectivity index (χ3v) is 8.95. The van der Waals surface area contributed by atoms with Crippen LogP contribution in [0.1, 0.15) is 213 Å². The molecule has 0 aromatic heterocycles. The molecule has 1 N–H and O–H groups in total. The lowest BCUT2D eigenvalue weighted by Gasteiger charge is -2.18. The second-order valence-corrected chi connectivity index (χ2v) is 13.7. The van der Waals surface area contributed by atoms with Gasteiger partial charge in [0.1, 0.15) is 12.7 Å². The fourth-order valence-corrected chi connectivity index (χ4v) is 5.84. The molecule has 0 fully saturated rings. The van der Waals surface area contributed by atoms with Crippen molar-refractivity contribution >= 4 is 11.9 Å². The van der Waals surface area contributed by atoms with Crippen LogP contribution in [0, 0.1) is 0 Å². The number of esters is 2. The summed E-state index contributed by atoms with van der Waals surface area (Å²) < 4.78 is 11.2. The van der Waals surface area contributed by atoms with Gasteiger partial charge in [0.2, 0.25) is 0 Å². The van der Waals surface area contributed by atoms with Crippen LogP contribution < -0.4 is 0 Å². The first-order valence-corrected chi connectivity index (χ1v) is 20.4. The first-order chi connectivity index (χ1) is 23.1. The van der Waals surface area contributed by atoms with E-state index in [2.05, 4.69) is 38.2 Å². The van der Waals surface area contributed by atoms with Crippen LogP contribution in [-0.2, 0) is 19.1 Å². The summed E-state index contributed by atoms with van der Waals surface area (Å²) in [5.41, 5.74) is 0. The Morgan fingerprint density at radius 2 is 0.872 bits per heavy atom. The maximum absolute atomic E-state index is 12.5. The highest BCUT2D eigenvalue weighted by Gasteiger charge is 2.17. The van der Waals surface area contributed by atoms with Gasteiger partial charge in [-0.2, -0.15) is 0 Å². The molecule has 5 nitrogen and oxygen atoms in total. The van der Waals surface area contributed by atoms with E-state index >= 15 is 0 Å². The van der Waals surface area contributed by atoms with Crippen molar-refractivity contribution in [3.63, 3.8) is 0 Å². The number of carbonyl (C=O) groups is 2. The van der Waals surface area contributed by atoms with Crippen molar-refractivity contribution < 1.29 is 24.2 Å². The monoisotopic (exact) mass is 663 g/mol. The predicted octanol–water partition coefficient (Wildman–Crippen LogP) is 12.7. The van der Waals surface area contributed by atoms with Crippen LogP contribution in [0.4, 0.5) is 0 Å². The van der Waals surface area contributed by atoms with E-state index in [1.807, 2.05) is 0 Å². The molecule has 47 heavy (non-hydrogen) atoms. The van der Waals surface area contributed by atoms with Crippen molar-refractivity contribution in [1.82, 2.24) is 0 Å². The van der Waals surface area contributed by atoms with Gasteiger partial charge in [0.15, 0.2) is 0 Å². The SMILES string of the molecule is CCCCCCCCC=CCCCCCCCC(=O)OCC(CCCCO)OC(=O)CCCCCCCC=CCCCCCCCC. The summed E-state index contributed by atoms with van der Waals surface area (Å²) in [5.74, 6) is -0.409. The largest absolute Gasteiger partial charge is 0.462 e. The zero-order valence-corrected chi connectivity index (χ0v) is 31.3. The molecule has 0 spiro atoms. The number of allylic oxidation sites excluding steroid dienone is 4. The third-order valence-electron chi connectivity index (χ3n) is 8.95. The van der Waals surface area contributed by atoms with Gasteiger partial charge in [0, 0.05) is 19.4 Å². The molecule has 1 unspecified atom stereocenters. The lowest BCUT2D eigenvalue weighted by atomic mass is 10.1. The topological polar surface area (TPSA) is 72.8 Å². The van der Waals surface area contributed by atoms with Crippen molar-refractivity contribution in [2.45, 2.75) is 219 Å². The molecule has 0 saturated heterocycles. The maximum atomic E-state index is 12.5. The van der Waals surface area contributed by atoms with Crippen LogP contribution in [0.3, 0.4) is 0 Å². The van der Waals surface area contributed by atoms with Crippen molar-refractivity contribution in [2.24, 2.45) is 0 Å². The van der Waals surface area contributed by atoms with Crippen LogP contribution in [0.25, 0.3) is 0 Å². The Kier molecular flexibility index (Phi) is 37.5. The minimum Gasteiger partial charge on any atom is -0.462 e. The number of hydrogen-bond donors (Lipinski definition) is 1. The second kappa shape index (κ2) is 38.8. The number of ether oxygens (including phenoxy) is 2. The van der Waals surface area contributed by atoms with Gasteiger partial charge in [-0.05, 0) is 83.5 Å². The molecule has 5 heteroatoms. The van der Waals surface area contributed by atoms with E-state index in [1.165, 1.54) is 116 Å². The first-order valence-electron chi connectivity index (χ1n) is 20.4. The Morgan fingerprint density at radius 3 is 1.30 bits per heavy atom. The summed E-state index contributed by atoms with van der Waals surface area (Å²) in [6.45, 7) is 4.76. The fraction of sp³-hybridized carbons (Fsp3) is 0.857. The summed E-state index contributed by atoms with van der Waals surface area (Å²) >= 11 is 0. The normalized spacial score (nSPS) is 12.3. The van der Waals surface area contributed by atoms with Gasteiger partial charge < -0.3 is 14.6 Å². The minimum atomic E-state index is -0.421. The van der Waals surface area contributed by atoms with Gasteiger partial charge in [0.05, 0.1) is 0 Å². The van der Waals surface area contributed by atoms with Gasteiger partial charge in [-0.1, -0.05) is 141 Å². The number of aliphatic hydroxyl groups excluding tert-OH is 1. The summed E-state index contributed by atoms with van der Waals surface area (Å²) in [6.07, 6.45) is 43.7. The van der Waals surface area contributed by atoms with Gasteiger partial charge in [-0.25, -0.2) is 0 Å². The summed E-state index contributed by atoms with van der Waals surface area (Å²) in [4.78, 5) is 24.8. The highest BCUT2D eigenvalue weighted by Crippen LogP contribution is 2.14. The molecule has 1 atom stereocenters. The number of rotatable bonds is 37. The number of hydrogen-bond acceptors (Lipinski definition) is 5. The molecule has 0 rings (SSSR count). The van der Waals surface area contributed by atoms with E-state index in [4.69, 9.17) is 14.6 Å². The summed E-state index contributed by atoms with van der Waals surface area (Å²) in [5, 5.41) is 9.14. The Balaban J connectivity index is 3.85. The molecule has 0 heterocycles. The number of aliphatic hydroxyl groups is 1. The summed E-state index contributed by atoms with van der Waals surface area (Å²) in [6, 6.07) is 0. The van der Waals surface area contributed by atoms with Crippen LogP contribution >= 0.6 is 0 Å². The molecule has 0 aliphatic rings. The fourth-order valence-electron chi connectivity index (χ4n) is 5.84. The second-order valence-electron chi connectivity index (χ2n) is 13.7. The standard InChI is InChI=1S/C42H78O5/c1-3-5-7-9-11-13-15-17-19-21-23-25-27-29-31-36-41(44)46-39-40(35-33-34-38-43)47-42(45)37-32-30-28-26-24-22-20-18-16-14-12-10-8-6-4-2/h17-20,40,43H,3-16,21-39H2,1-2H3. The Bertz CT molecular complexity index is 716. The van der Waals surface area contributed by atoms with Crippen LogP contribution in [0.15, 0.2) is 24.3 Å². The van der Waals surface area contributed by atoms with E-state index < -0.39 is 6.10 Å². The van der Waals surface area contributed by atoms with Gasteiger partial charge >= 0.3 is 11.9 Å². The molecule has 0 bridgehead atoms. The molecule has 0 aliphatic heterocycles. The van der Waals surface area contributed by atoms with Crippen LogP contribution in [0.5, 0.6) is 0 Å². The number of unbranched alkanes of at least 4 members (excludes halogenated alkanes) is 23. The van der Waals surface area contributed by atoms with E-state index in [1.54, 1.807) is 0 Å². The molecule has 0 amide bonds. The Hall–Kier alpha value is -1.62. The molecule has 0 saturated carbocycles.